The van der Waals surface area contributed by atoms with Crippen LogP contribution < -0.4 is 5.32 Å². The summed E-state index contributed by atoms with van der Waals surface area (Å²) in [6.45, 7) is 4.24. The molecular formula is C24H22N6O. The van der Waals surface area contributed by atoms with Crippen LogP contribution in [0.1, 0.15) is 42.0 Å². The van der Waals surface area contributed by atoms with Crippen molar-refractivity contribution in [2.75, 3.05) is 5.32 Å². The lowest BCUT2D eigenvalue weighted by Gasteiger charge is -2.16. The molecule has 3 heterocycles. The second-order valence-electron chi connectivity index (χ2n) is 8.29. The van der Waals surface area contributed by atoms with Gasteiger partial charge in [-0.15, -0.1) is 0 Å². The molecule has 0 radical (unpaired) electrons. The van der Waals surface area contributed by atoms with Crippen molar-refractivity contribution in [1.29, 1.82) is 5.26 Å². The Hall–Kier alpha value is -3.92. The highest BCUT2D eigenvalue weighted by molar-refractivity contribution is 5.68. The van der Waals surface area contributed by atoms with Gasteiger partial charge in [-0.05, 0) is 48.1 Å². The summed E-state index contributed by atoms with van der Waals surface area (Å²) in [7, 11) is 0. The molecule has 1 aliphatic rings. The van der Waals surface area contributed by atoms with E-state index < -0.39 is 0 Å². The largest absolute Gasteiger partial charge is 0.508 e. The summed E-state index contributed by atoms with van der Waals surface area (Å²) in [5.74, 6) is 1.41. The van der Waals surface area contributed by atoms with Gasteiger partial charge in [0.1, 0.15) is 17.6 Å². The van der Waals surface area contributed by atoms with Gasteiger partial charge in [-0.1, -0.05) is 19.9 Å². The molecule has 5 rings (SSSR count). The molecular weight excluding hydrogens is 388 g/mol. The third kappa shape index (κ3) is 3.46. The first-order valence-corrected chi connectivity index (χ1v) is 10.3. The van der Waals surface area contributed by atoms with Crippen LogP contribution in [0.2, 0.25) is 0 Å². The Morgan fingerprint density at radius 2 is 1.97 bits per heavy atom. The van der Waals surface area contributed by atoms with Gasteiger partial charge in [0.25, 0.3) is 0 Å². The molecule has 0 bridgehead atoms. The fourth-order valence-corrected chi connectivity index (χ4v) is 4.19. The number of aromatic hydroxyl groups is 1. The molecule has 31 heavy (non-hydrogen) atoms. The van der Waals surface area contributed by atoms with E-state index in [0.717, 1.165) is 46.7 Å². The molecule has 154 valence electrons. The lowest BCUT2D eigenvalue weighted by Crippen LogP contribution is -2.21. The van der Waals surface area contributed by atoms with Crippen LogP contribution >= 0.6 is 0 Å². The predicted molar refractivity (Wildman–Crippen MR) is 118 cm³/mol. The number of rotatable bonds is 4. The highest BCUT2D eigenvalue weighted by Crippen LogP contribution is 2.30. The van der Waals surface area contributed by atoms with Crippen LogP contribution in [0.15, 0.2) is 48.9 Å². The van der Waals surface area contributed by atoms with Gasteiger partial charge in [-0.2, -0.15) is 14.9 Å². The van der Waals surface area contributed by atoms with Gasteiger partial charge < -0.3 is 10.4 Å². The maximum Gasteiger partial charge on any atom is 0.161 e. The first-order valence-electron chi connectivity index (χ1n) is 10.3. The zero-order valence-electron chi connectivity index (χ0n) is 17.4. The SMILES string of the molecule is CC(C)c1cnn2c(NC3Cc4ccc(O)cc4C3)cc(-c3cncc(C#N)c3)nc12. The van der Waals surface area contributed by atoms with Crippen LogP contribution in [0.25, 0.3) is 16.9 Å². The van der Waals surface area contributed by atoms with Gasteiger partial charge >= 0.3 is 0 Å². The van der Waals surface area contributed by atoms with Crippen LogP contribution in [-0.2, 0) is 12.8 Å². The van der Waals surface area contributed by atoms with Crippen LogP contribution in [0.3, 0.4) is 0 Å². The number of nitrogens with one attached hydrogen (secondary N) is 1. The summed E-state index contributed by atoms with van der Waals surface area (Å²) < 4.78 is 1.85. The minimum atomic E-state index is 0.186. The number of nitriles is 1. The average Bonchev–Trinajstić information content (AvgIpc) is 3.37. The van der Waals surface area contributed by atoms with Gasteiger partial charge in [0.05, 0.1) is 17.5 Å². The summed E-state index contributed by atoms with van der Waals surface area (Å²) in [5.41, 5.74) is 6.31. The molecule has 0 aliphatic heterocycles. The zero-order valence-corrected chi connectivity index (χ0v) is 17.4. The van der Waals surface area contributed by atoms with Crippen LogP contribution in [0, 0.1) is 11.3 Å². The number of fused-ring (bicyclic) bond motifs is 2. The fraction of sp³-hybridized carbons (Fsp3) is 0.250. The van der Waals surface area contributed by atoms with E-state index in [4.69, 9.17) is 4.98 Å². The van der Waals surface area contributed by atoms with Crippen molar-refractivity contribution in [3.05, 3.63) is 71.2 Å². The summed E-state index contributed by atoms with van der Waals surface area (Å²) in [6.07, 6.45) is 6.84. The number of hydrogen-bond acceptors (Lipinski definition) is 6. The van der Waals surface area contributed by atoms with E-state index in [1.165, 1.54) is 5.56 Å². The minimum absolute atomic E-state index is 0.186. The molecule has 0 saturated carbocycles. The van der Waals surface area contributed by atoms with Gasteiger partial charge in [0.2, 0.25) is 0 Å². The maximum atomic E-state index is 9.80. The van der Waals surface area contributed by atoms with Crippen molar-refractivity contribution in [2.45, 2.75) is 38.6 Å². The monoisotopic (exact) mass is 410 g/mol. The Morgan fingerprint density at radius 1 is 1.13 bits per heavy atom. The first-order chi connectivity index (χ1) is 15.0. The Labute approximate surface area is 180 Å². The van der Waals surface area contributed by atoms with Gasteiger partial charge in [-0.25, -0.2) is 4.98 Å². The van der Waals surface area contributed by atoms with Crippen molar-refractivity contribution in [3.63, 3.8) is 0 Å². The van der Waals surface area contributed by atoms with Gasteiger partial charge in [0.15, 0.2) is 5.65 Å². The number of phenols is 1. The molecule has 7 heteroatoms. The number of benzene rings is 1. The Balaban J connectivity index is 1.57. The molecule has 3 aromatic heterocycles. The van der Waals surface area contributed by atoms with Crippen molar-refractivity contribution in [2.24, 2.45) is 0 Å². The second-order valence-corrected chi connectivity index (χ2v) is 8.29. The summed E-state index contributed by atoms with van der Waals surface area (Å²) in [4.78, 5) is 9.06. The molecule has 0 fully saturated rings. The molecule has 2 N–H and O–H groups in total. The Bertz CT molecular complexity index is 1330. The molecule has 1 unspecified atom stereocenters. The number of pyridine rings is 1. The normalized spacial score (nSPS) is 15.2. The lowest BCUT2D eigenvalue weighted by molar-refractivity contribution is 0.474. The summed E-state index contributed by atoms with van der Waals surface area (Å²) in [5, 5.41) is 27.3. The Morgan fingerprint density at radius 3 is 2.77 bits per heavy atom. The second kappa shape index (κ2) is 7.40. The molecule has 7 nitrogen and oxygen atoms in total. The van der Waals surface area contributed by atoms with Crippen molar-refractivity contribution < 1.29 is 5.11 Å². The van der Waals surface area contributed by atoms with Crippen LogP contribution in [-0.4, -0.2) is 30.7 Å². The number of phenolic OH excluding ortho intramolecular Hbond substituents is 1. The van der Waals surface area contributed by atoms with E-state index >= 15 is 0 Å². The Kier molecular flexibility index (Phi) is 4.55. The minimum Gasteiger partial charge on any atom is -0.508 e. The molecule has 0 spiro atoms. The molecule has 1 aliphatic carbocycles. The summed E-state index contributed by atoms with van der Waals surface area (Å²) >= 11 is 0. The lowest BCUT2D eigenvalue weighted by atomic mass is 10.1. The predicted octanol–water partition coefficient (Wildman–Crippen LogP) is 4.07. The van der Waals surface area contributed by atoms with Crippen molar-refractivity contribution in [3.8, 4) is 23.1 Å². The molecule has 0 saturated heterocycles. The third-order valence-corrected chi connectivity index (χ3v) is 5.76. The van der Waals surface area contributed by atoms with Crippen molar-refractivity contribution in [1.82, 2.24) is 19.6 Å². The topological polar surface area (TPSA) is 99.1 Å². The van der Waals surface area contributed by atoms with E-state index in [1.807, 2.05) is 28.9 Å². The molecule has 0 amide bonds. The highest BCUT2D eigenvalue weighted by atomic mass is 16.3. The highest BCUT2D eigenvalue weighted by Gasteiger charge is 2.23. The number of anilines is 1. The van der Waals surface area contributed by atoms with E-state index in [1.54, 1.807) is 24.5 Å². The first kappa shape index (κ1) is 19.1. The van der Waals surface area contributed by atoms with E-state index in [2.05, 4.69) is 35.3 Å². The fourth-order valence-electron chi connectivity index (χ4n) is 4.19. The van der Waals surface area contributed by atoms with E-state index in [-0.39, 0.29) is 12.0 Å². The zero-order chi connectivity index (χ0) is 21.5. The van der Waals surface area contributed by atoms with Gasteiger partial charge in [0, 0.05) is 35.6 Å². The van der Waals surface area contributed by atoms with Gasteiger partial charge in [-0.3, -0.25) is 4.98 Å². The maximum absolute atomic E-state index is 9.80. The van der Waals surface area contributed by atoms with E-state index in [9.17, 15) is 10.4 Å². The number of nitrogens with zero attached hydrogens (tertiary/aromatic N) is 5. The quantitative estimate of drug-likeness (QED) is 0.526. The number of aromatic nitrogens is 4. The van der Waals surface area contributed by atoms with E-state index in [0.29, 0.717) is 11.3 Å². The summed E-state index contributed by atoms with van der Waals surface area (Å²) in [6, 6.07) is 11.7. The molecule has 1 atom stereocenters. The smallest absolute Gasteiger partial charge is 0.161 e. The third-order valence-electron chi connectivity index (χ3n) is 5.76. The van der Waals surface area contributed by atoms with Crippen LogP contribution in [0.5, 0.6) is 5.75 Å². The van der Waals surface area contributed by atoms with Crippen LogP contribution in [0.4, 0.5) is 5.82 Å². The number of hydrogen-bond donors (Lipinski definition) is 2. The van der Waals surface area contributed by atoms with Crippen molar-refractivity contribution >= 4 is 11.5 Å². The molecule has 1 aromatic carbocycles. The molecule has 4 aromatic rings. The standard InChI is InChI=1S/C24H22N6O/c1-14(2)21-13-27-30-23(28-19-6-16-3-4-20(31)8-17(16)7-19)9-22(29-24(21)30)18-5-15(10-25)11-26-12-18/h3-5,8-9,11-14,19,28,31H,6-7H2,1-2H3. The average molecular weight is 410 g/mol.